The molecule has 5 heterocycles. The van der Waals surface area contributed by atoms with Gasteiger partial charge >= 0.3 is 12.2 Å². The minimum atomic E-state index is -0.934. The molecule has 3 aromatic carbocycles. The molecule has 328 valence electrons. The van der Waals surface area contributed by atoms with E-state index < -0.39 is 30.4 Å². The Balaban J connectivity index is 1.04. The van der Waals surface area contributed by atoms with E-state index in [1.807, 2.05) is 44.9 Å². The molecule has 4 N–H and O–H groups in total. The number of nitrogens with one attached hydrogen (secondary N) is 4. The maximum absolute atomic E-state index is 14.1. The predicted molar refractivity (Wildman–Crippen MR) is 232 cm³/mol. The number of alkyl carbamates (subject to hydrolysis) is 2. The summed E-state index contributed by atoms with van der Waals surface area (Å²) in [5.41, 5.74) is 6.52. The number of hydrogen-bond acceptors (Lipinski definition) is 10. The normalized spacial score (nSPS) is 21.4. The summed E-state index contributed by atoms with van der Waals surface area (Å²) in [6, 6.07) is 12.3. The quantitative estimate of drug-likeness (QED) is 0.105. The largest absolute Gasteiger partial charge is 0.488 e. The molecule has 4 amide bonds. The van der Waals surface area contributed by atoms with Crippen molar-refractivity contribution in [3.63, 3.8) is 0 Å². The number of H-pyrrole nitrogens is 2. The Hall–Kier alpha value is -6.16. The Bertz CT molecular complexity index is 2520. The van der Waals surface area contributed by atoms with Crippen molar-refractivity contribution >= 4 is 45.8 Å². The van der Waals surface area contributed by atoms with Crippen LogP contribution in [0.3, 0.4) is 0 Å². The van der Waals surface area contributed by atoms with Gasteiger partial charge in [0.1, 0.15) is 36.1 Å². The topological polar surface area (TPSA) is 193 Å². The molecule has 62 heavy (non-hydrogen) atoms. The molecule has 0 bridgehead atoms. The van der Waals surface area contributed by atoms with Crippen LogP contribution in [0.4, 0.5) is 9.59 Å². The van der Waals surface area contributed by atoms with E-state index in [0.717, 1.165) is 81.2 Å². The summed E-state index contributed by atoms with van der Waals surface area (Å²) >= 11 is 0. The summed E-state index contributed by atoms with van der Waals surface area (Å²) in [4.78, 5) is 73.0. The molecule has 0 saturated carbocycles. The van der Waals surface area contributed by atoms with Crippen LogP contribution < -0.4 is 15.4 Å². The van der Waals surface area contributed by atoms with Gasteiger partial charge in [-0.25, -0.2) is 19.6 Å². The van der Waals surface area contributed by atoms with Gasteiger partial charge in [0.05, 0.1) is 55.3 Å². The number of likely N-dealkylation sites (tertiary alicyclic amines) is 2. The highest BCUT2D eigenvalue weighted by Crippen LogP contribution is 2.44. The van der Waals surface area contributed by atoms with Crippen LogP contribution in [0.1, 0.15) is 96.0 Å². The number of aromatic nitrogens is 4. The summed E-state index contributed by atoms with van der Waals surface area (Å²) < 4.78 is 21.6. The number of ether oxygens (including phenoxy) is 4. The smallest absolute Gasteiger partial charge is 0.407 e. The molecule has 0 radical (unpaired) electrons. The molecule has 2 fully saturated rings. The zero-order valence-electron chi connectivity index (χ0n) is 36.5. The van der Waals surface area contributed by atoms with Gasteiger partial charge in [0, 0.05) is 30.1 Å². The van der Waals surface area contributed by atoms with Crippen molar-refractivity contribution < 1.29 is 38.1 Å². The number of hydrogen-bond donors (Lipinski definition) is 4. The Morgan fingerprint density at radius 2 is 1.48 bits per heavy atom. The lowest BCUT2D eigenvalue weighted by atomic mass is 9.92. The second kappa shape index (κ2) is 17.3. The third-order valence-electron chi connectivity index (χ3n) is 13.3. The second-order valence-electron chi connectivity index (χ2n) is 16.9. The summed E-state index contributed by atoms with van der Waals surface area (Å²) in [5, 5.41) is 7.41. The van der Waals surface area contributed by atoms with E-state index in [1.54, 1.807) is 11.8 Å². The molecule has 2 aromatic heterocycles. The van der Waals surface area contributed by atoms with Crippen molar-refractivity contribution in [1.29, 1.82) is 0 Å². The highest BCUT2D eigenvalue weighted by Gasteiger charge is 2.43. The average Bonchev–Trinajstić information content (AvgIpc) is 4.11. The fourth-order valence-corrected chi connectivity index (χ4v) is 9.43. The van der Waals surface area contributed by atoms with Gasteiger partial charge < -0.3 is 49.3 Å². The maximum atomic E-state index is 14.1. The van der Waals surface area contributed by atoms with Crippen molar-refractivity contribution in [1.82, 2.24) is 40.4 Å². The lowest BCUT2D eigenvalue weighted by Gasteiger charge is -2.33. The summed E-state index contributed by atoms with van der Waals surface area (Å²) in [6.45, 7) is 10.1. The van der Waals surface area contributed by atoms with Crippen LogP contribution in [0.25, 0.3) is 44.2 Å². The van der Waals surface area contributed by atoms with Crippen molar-refractivity contribution in [2.45, 2.75) is 116 Å². The van der Waals surface area contributed by atoms with Gasteiger partial charge in [0.25, 0.3) is 0 Å². The molecule has 16 heteroatoms. The number of imidazole rings is 2. The van der Waals surface area contributed by atoms with Crippen LogP contribution in [0.15, 0.2) is 48.7 Å². The third kappa shape index (κ3) is 7.69. The highest BCUT2D eigenvalue weighted by atomic mass is 16.5. The fraction of sp³-hybridized carbons (Fsp3) is 0.478. The predicted octanol–water partition coefficient (Wildman–Crippen LogP) is 7.30. The van der Waals surface area contributed by atoms with Crippen LogP contribution in [0.5, 0.6) is 5.75 Å². The molecule has 8 atom stereocenters. The molecule has 0 spiro atoms. The van der Waals surface area contributed by atoms with Gasteiger partial charge in [-0.15, -0.1) is 0 Å². The number of nitrogens with zero attached hydrogens (tertiary/aromatic N) is 4. The minimum absolute atomic E-state index is 0.0193. The van der Waals surface area contributed by atoms with Crippen LogP contribution in [-0.4, -0.2) is 105 Å². The Morgan fingerprint density at radius 1 is 0.823 bits per heavy atom. The molecule has 8 rings (SSSR count). The van der Waals surface area contributed by atoms with E-state index in [-0.39, 0.29) is 41.9 Å². The van der Waals surface area contributed by atoms with E-state index in [0.29, 0.717) is 24.7 Å². The fourth-order valence-electron chi connectivity index (χ4n) is 9.43. The zero-order valence-corrected chi connectivity index (χ0v) is 36.5. The summed E-state index contributed by atoms with van der Waals surface area (Å²) in [7, 11) is 4.07. The first-order valence-corrected chi connectivity index (χ1v) is 21.5. The standard InChI is InChI=1S/C46H56N8O8/c1-9-23(2)38(51-45(57)60-7)43(55)53-24(3)10-16-35(53)41-47-21-34(49-41)28-12-14-30-29(18-28)22-62-37-20-31-27(19-32(30)37)13-15-33-40(31)50-42(48-33)36-17-11-25(4)54(36)44(56)39(26(5)59-6)52-46(58)61-8/h12-15,18-21,23-26,35-36,38-39H,9-11,16-17,22H2,1-8H3,(H,47,49)(H,48,50)(H,51,57)(H,52,58)/t23-,24-,25-,26+,35-,36?,38-,39-/m0/s1. The summed E-state index contributed by atoms with van der Waals surface area (Å²) in [6.07, 6.45) is 3.68. The van der Waals surface area contributed by atoms with Crippen LogP contribution in [-0.2, 0) is 30.4 Å². The number of carbonyl (C=O) groups excluding carboxylic acids is 4. The van der Waals surface area contributed by atoms with Crippen LogP contribution in [0, 0.1) is 5.92 Å². The monoisotopic (exact) mass is 848 g/mol. The number of methoxy groups -OCH3 is 3. The highest BCUT2D eigenvalue weighted by molar-refractivity contribution is 6.07. The molecule has 3 aliphatic heterocycles. The molecule has 3 aliphatic rings. The minimum Gasteiger partial charge on any atom is -0.488 e. The van der Waals surface area contributed by atoms with Gasteiger partial charge in [0.2, 0.25) is 11.8 Å². The Labute approximate surface area is 360 Å². The number of amides is 4. The molecule has 5 aromatic rings. The van der Waals surface area contributed by atoms with Crippen molar-refractivity contribution in [3.8, 4) is 28.1 Å². The van der Waals surface area contributed by atoms with Gasteiger partial charge in [0.15, 0.2) is 0 Å². The second-order valence-corrected chi connectivity index (χ2v) is 16.9. The van der Waals surface area contributed by atoms with Gasteiger partial charge in [-0.1, -0.05) is 38.5 Å². The lowest BCUT2D eigenvalue weighted by molar-refractivity contribution is -0.139. The number of fused-ring (bicyclic) bond motifs is 6. The van der Waals surface area contributed by atoms with Crippen LogP contribution in [0.2, 0.25) is 0 Å². The van der Waals surface area contributed by atoms with E-state index in [4.69, 9.17) is 28.9 Å². The van der Waals surface area contributed by atoms with Crippen molar-refractivity contribution in [3.05, 3.63) is 65.9 Å². The molecule has 1 unspecified atom stereocenters. The van der Waals surface area contributed by atoms with E-state index in [1.165, 1.54) is 21.3 Å². The van der Waals surface area contributed by atoms with Crippen molar-refractivity contribution in [2.75, 3.05) is 21.3 Å². The maximum Gasteiger partial charge on any atom is 0.407 e. The SMILES string of the molecule is CC[C@H](C)[C@H](NC(=O)OC)C(=O)N1[C@@H](C)CC[C@H]1c1ncc(-c2ccc3c(c2)COc2cc4c(ccc5nc(C6CC[C@H](C)N6C(=O)[C@@H](NC(=O)OC)[C@@H](C)OC)[nH]c54)cc2-3)[nH]1. The number of rotatable bonds is 11. The van der Waals surface area contributed by atoms with Gasteiger partial charge in [-0.05, 0) is 98.7 Å². The zero-order chi connectivity index (χ0) is 44.0. The number of aromatic amines is 2. The first-order chi connectivity index (χ1) is 29.8. The Kier molecular flexibility index (Phi) is 11.9. The van der Waals surface area contributed by atoms with E-state index in [2.05, 4.69) is 57.0 Å². The Morgan fingerprint density at radius 3 is 2.15 bits per heavy atom. The molecule has 16 nitrogen and oxygen atoms in total. The van der Waals surface area contributed by atoms with Gasteiger partial charge in [-0.2, -0.15) is 0 Å². The molecule has 0 aliphatic carbocycles. The van der Waals surface area contributed by atoms with E-state index in [9.17, 15) is 19.2 Å². The first kappa shape index (κ1) is 42.5. The summed E-state index contributed by atoms with van der Waals surface area (Å²) in [5.74, 6) is 1.67. The molecular formula is C46H56N8O8. The first-order valence-electron chi connectivity index (χ1n) is 21.5. The third-order valence-corrected chi connectivity index (χ3v) is 13.3. The number of carbonyl (C=O) groups is 4. The molecular weight excluding hydrogens is 793 g/mol. The van der Waals surface area contributed by atoms with Gasteiger partial charge in [-0.3, -0.25) is 9.59 Å². The lowest BCUT2D eigenvalue weighted by Crippen LogP contribution is -2.55. The van der Waals surface area contributed by atoms with E-state index >= 15 is 0 Å². The van der Waals surface area contributed by atoms with Crippen molar-refractivity contribution in [2.24, 2.45) is 5.92 Å². The van der Waals surface area contributed by atoms with Crippen LogP contribution >= 0.6 is 0 Å². The molecule has 2 saturated heterocycles. The number of benzene rings is 3. The average molecular weight is 849 g/mol.